The van der Waals surface area contributed by atoms with Gasteiger partial charge in [0.05, 0.1) is 17.1 Å². The summed E-state index contributed by atoms with van der Waals surface area (Å²) in [6.07, 6.45) is 4.91. The molecule has 3 heterocycles. The number of hydrogen-bond donors (Lipinski definition) is 1. The highest BCUT2D eigenvalue weighted by Gasteiger charge is 2.49. The summed E-state index contributed by atoms with van der Waals surface area (Å²) < 4.78 is 13.1. The predicted molar refractivity (Wildman–Crippen MR) is 149 cm³/mol. The number of pyridine rings is 1. The first-order chi connectivity index (χ1) is 18.1. The maximum atomic E-state index is 13.8. The van der Waals surface area contributed by atoms with Gasteiger partial charge in [0.25, 0.3) is 17.3 Å². The van der Waals surface area contributed by atoms with Crippen LogP contribution in [-0.4, -0.2) is 52.2 Å². The number of rotatable bonds is 6. The summed E-state index contributed by atoms with van der Waals surface area (Å²) in [5.41, 5.74) is 4.33. The van der Waals surface area contributed by atoms with Crippen molar-refractivity contribution < 1.29 is 14.3 Å². The number of aryl methyl sites for hydroxylation is 2. The van der Waals surface area contributed by atoms with Crippen LogP contribution >= 0.6 is 11.6 Å². The van der Waals surface area contributed by atoms with E-state index in [0.29, 0.717) is 46.7 Å². The molecule has 5 rings (SSSR count). The summed E-state index contributed by atoms with van der Waals surface area (Å²) in [5, 5.41) is 0.485. The van der Waals surface area contributed by atoms with Crippen molar-refractivity contribution >= 4 is 17.5 Å². The lowest BCUT2D eigenvalue weighted by Gasteiger charge is -2.40. The molecule has 0 bridgehead atoms. The van der Waals surface area contributed by atoms with E-state index in [4.69, 9.17) is 21.1 Å². The Balaban J connectivity index is 1.39. The van der Waals surface area contributed by atoms with E-state index in [1.54, 1.807) is 4.90 Å². The third-order valence-electron chi connectivity index (χ3n) is 9.04. The van der Waals surface area contributed by atoms with Crippen molar-refractivity contribution in [3.8, 4) is 11.5 Å². The first-order valence-corrected chi connectivity index (χ1v) is 14.4. The summed E-state index contributed by atoms with van der Waals surface area (Å²) in [4.78, 5) is 33.5. The number of aromatic amines is 1. The van der Waals surface area contributed by atoms with Crippen LogP contribution in [0.2, 0.25) is 5.02 Å². The third-order valence-corrected chi connectivity index (χ3v) is 9.44. The van der Waals surface area contributed by atoms with Gasteiger partial charge in [-0.3, -0.25) is 9.59 Å². The smallest absolute Gasteiger partial charge is 0.254 e. The molecule has 1 saturated carbocycles. The highest BCUT2D eigenvalue weighted by atomic mass is 35.5. The van der Waals surface area contributed by atoms with Crippen molar-refractivity contribution in [3.05, 3.63) is 55.0 Å². The van der Waals surface area contributed by atoms with Crippen LogP contribution in [0.25, 0.3) is 0 Å². The zero-order valence-electron chi connectivity index (χ0n) is 23.5. The standard InChI is InChI=1S/C30H40ClN3O4/c1-7-33(8-2)21-11-9-20(10-12-21)30(6)37-26-19(5)24-22(25(31)27(26)38-30)13-14-34(29(24)36)16-23-17(3)15-18(4)32-28(23)35/h15,20-21H,7-14,16H2,1-6H3,(H,32,35). The molecule has 206 valence electrons. The predicted octanol–water partition coefficient (Wildman–Crippen LogP) is 5.54. The fourth-order valence-corrected chi connectivity index (χ4v) is 7.13. The number of halogens is 1. The molecular formula is C30H40ClN3O4. The number of carbonyl (C=O) groups is 1. The second-order valence-electron chi connectivity index (χ2n) is 11.3. The molecule has 0 spiro atoms. The van der Waals surface area contributed by atoms with E-state index in [1.807, 2.05) is 33.8 Å². The van der Waals surface area contributed by atoms with Crippen molar-refractivity contribution in [2.75, 3.05) is 19.6 Å². The molecule has 7 nitrogen and oxygen atoms in total. The van der Waals surface area contributed by atoms with Crippen LogP contribution in [0.4, 0.5) is 0 Å². The Kier molecular flexibility index (Phi) is 7.29. The number of ether oxygens (including phenoxy) is 2. The van der Waals surface area contributed by atoms with Gasteiger partial charge in [0.2, 0.25) is 0 Å². The molecule has 1 N–H and O–H groups in total. The fraction of sp³-hybridized carbons (Fsp3) is 0.600. The van der Waals surface area contributed by atoms with E-state index in [9.17, 15) is 9.59 Å². The van der Waals surface area contributed by atoms with Gasteiger partial charge in [-0.2, -0.15) is 0 Å². The second-order valence-corrected chi connectivity index (χ2v) is 11.7. The number of nitrogens with zero attached hydrogens (tertiary/aromatic N) is 2. The Bertz CT molecular complexity index is 1310. The average molecular weight is 542 g/mol. The maximum Gasteiger partial charge on any atom is 0.254 e. The second kappa shape index (κ2) is 10.2. The first kappa shape index (κ1) is 27.1. The van der Waals surface area contributed by atoms with Crippen molar-refractivity contribution in [1.29, 1.82) is 0 Å². The minimum Gasteiger partial charge on any atom is -0.448 e. The van der Waals surface area contributed by atoms with E-state index in [1.165, 1.54) is 0 Å². The Labute approximate surface area is 230 Å². The zero-order chi connectivity index (χ0) is 27.4. The highest BCUT2D eigenvalue weighted by Crippen LogP contribution is 2.54. The Hall–Kier alpha value is -2.51. The molecule has 3 aliphatic rings. The Morgan fingerprint density at radius 3 is 2.37 bits per heavy atom. The summed E-state index contributed by atoms with van der Waals surface area (Å²) in [6, 6.07) is 2.55. The summed E-state index contributed by atoms with van der Waals surface area (Å²) in [7, 11) is 0. The molecule has 2 aromatic rings. The SMILES string of the molecule is CCN(CC)C1CCC(C2(C)Oc3c(C)c4c(c(Cl)c3O2)CCN(Cc2c(C)cc(C)[nH]c2=O)C4=O)CC1. The van der Waals surface area contributed by atoms with Crippen molar-refractivity contribution in [1.82, 2.24) is 14.8 Å². The molecule has 1 amide bonds. The van der Waals surface area contributed by atoms with Crippen LogP contribution in [0, 0.1) is 26.7 Å². The van der Waals surface area contributed by atoms with E-state index in [2.05, 4.69) is 23.7 Å². The minimum absolute atomic E-state index is 0.121. The van der Waals surface area contributed by atoms with E-state index in [-0.39, 0.29) is 23.9 Å². The topological polar surface area (TPSA) is 74.9 Å². The largest absolute Gasteiger partial charge is 0.448 e. The number of amides is 1. The number of nitrogens with one attached hydrogen (secondary N) is 1. The fourth-order valence-electron chi connectivity index (χ4n) is 6.82. The quantitative estimate of drug-likeness (QED) is 0.519. The minimum atomic E-state index is -0.802. The number of fused-ring (bicyclic) bond motifs is 2. The number of aromatic nitrogens is 1. The van der Waals surface area contributed by atoms with Gasteiger partial charge in [-0.05, 0) is 83.2 Å². The molecule has 2 aliphatic heterocycles. The molecule has 1 unspecified atom stereocenters. The van der Waals surface area contributed by atoms with E-state index >= 15 is 0 Å². The van der Waals surface area contributed by atoms with Crippen LogP contribution in [0.5, 0.6) is 11.5 Å². The molecular weight excluding hydrogens is 502 g/mol. The molecule has 38 heavy (non-hydrogen) atoms. The lowest BCUT2D eigenvalue weighted by molar-refractivity contribution is -0.124. The molecule has 1 aliphatic carbocycles. The molecule has 1 aromatic carbocycles. The summed E-state index contributed by atoms with van der Waals surface area (Å²) in [5.74, 6) is 0.483. The first-order valence-electron chi connectivity index (χ1n) is 14.0. The lowest BCUT2D eigenvalue weighted by atomic mass is 9.80. The van der Waals surface area contributed by atoms with Crippen molar-refractivity contribution in [3.63, 3.8) is 0 Å². The molecule has 0 radical (unpaired) electrons. The molecule has 1 atom stereocenters. The third kappa shape index (κ3) is 4.51. The van der Waals surface area contributed by atoms with Crippen LogP contribution in [-0.2, 0) is 13.0 Å². The number of H-pyrrole nitrogens is 1. The number of carbonyl (C=O) groups excluding carboxylic acids is 1. The maximum absolute atomic E-state index is 13.8. The number of hydrogen-bond acceptors (Lipinski definition) is 5. The van der Waals surface area contributed by atoms with Gasteiger partial charge in [0.15, 0.2) is 11.5 Å². The van der Waals surface area contributed by atoms with E-state index in [0.717, 1.165) is 61.2 Å². The van der Waals surface area contributed by atoms with Gasteiger partial charge in [-0.15, -0.1) is 0 Å². The number of benzene rings is 1. The van der Waals surface area contributed by atoms with Crippen LogP contribution in [0.3, 0.4) is 0 Å². The summed E-state index contributed by atoms with van der Waals surface area (Å²) in [6.45, 7) is 15.1. The highest BCUT2D eigenvalue weighted by molar-refractivity contribution is 6.34. The van der Waals surface area contributed by atoms with Crippen LogP contribution in [0.15, 0.2) is 10.9 Å². The van der Waals surface area contributed by atoms with Gasteiger partial charge in [-0.25, -0.2) is 0 Å². The van der Waals surface area contributed by atoms with Crippen molar-refractivity contribution in [2.45, 2.75) is 92.0 Å². The monoisotopic (exact) mass is 541 g/mol. The summed E-state index contributed by atoms with van der Waals surface area (Å²) >= 11 is 6.92. The van der Waals surface area contributed by atoms with Gasteiger partial charge >= 0.3 is 0 Å². The zero-order valence-corrected chi connectivity index (χ0v) is 24.3. The molecule has 1 aromatic heterocycles. The van der Waals surface area contributed by atoms with E-state index < -0.39 is 5.79 Å². The average Bonchev–Trinajstić information content (AvgIpc) is 3.26. The Morgan fingerprint density at radius 1 is 1.08 bits per heavy atom. The van der Waals surface area contributed by atoms with Gasteiger partial charge in [0, 0.05) is 42.2 Å². The molecule has 0 saturated heterocycles. The van der Waals surface area contributed by atoms with Crippen LogP contribution in [0.1, 0.15) is 84.8 Å². The lowest BCUT2D eigenvalue weighted by Crippen LogP contribution is -2.47. The molecule has 8 heteroatoms. The van der Waals surface area contributed by atoms with Gasteiger partial charge in [-0.1, -0.05) is 25.4 Å². The molecule has 1 fully saturated rings. The van der Waals surface area contributed by atoms with Crippen molar-refractivity contribution in [2.24, 2.45) is 5.92 Å². The van der Waals surface area contributed by atoms with Gasteiger partial charge < -0.3 is 24.3 Å². The van der Waals surface area contributed by atoms with Crippen LogP contribution < -0.4 is 15.0 Å². The normalized spacial score (nSPS) is 24.7. The van der Waals surface area contributed by atoms with Gasteiger partial charge in [0.1, 0.15) is 0 Å². The Morgan fingerprint density at radius 2 is 1.74 bits per heavy atom.